The summed E-state index contributed by atoms with van der Waals surface area (Å²) in [6, 6.07) is 0. The van der Waals surface area contributed by atoms with Crippen molar-refractivity contribution in [1.29, 1.82) is 0 Å². The molecule has 0 amide bonds. The molecule has 0 heterocycles. The molecule has 0 radical (unpaired) electrons. The van der Waals surface area contributed by atoms with Gasteiger partial charge in [-0.15, -0.1) is 0 Å². The van der Waals surface area contributed by atoms with Gasteiger partial charge in [0.1, 0.15) is 5.78 Å². The zero-order valence-corrected chi connectivity index (χ0v) is 15.5. The molecule has 3 nitrogen and oxygen atoms in total. The number of ketones is 1. The van der Waals surface area contributed by atoms with Crippen molar-refractivity contribution in [2.24, 2.45) is 40.4 Å². The molecule has 2 N–H and O–H groups in total. The van der Waals surface area contributed by atoms with Crippen LogP contribution in [0.5, 0.6) is 0 Å². The van der Waals surface area contributed by atoms with Crippen LogP contribution in [0.15, 0.2) is 0 Å². The highest BCUT2D eigenvalue weighted by Crippen LogP contribution is 2.67. The van der Waals surface area contributed by atoms with Crippen molar-refractivity contribution in [2.45, 2.75) is 84.3 Å². The Balaban J connectivity index is 1.65. The first-order valence-electron chi connectivity index (χ1n) is 10.1. The topological polar surface area (TPSA) is 57.5 Å². The molecule has 24 heavy (non-hydrogen) atoms. The Bertz CT molecular complexity index is 531. The predicted molar refractivity (Wildman–Crippen MR) is 93.3 cm³/mol. The van der Waals surface area contributed by atoms with Gasteiger partial charge in [-0.05, 0) is 92.8 Å². The van der Waals surface area contributed by atoms with E-state index in [2.05, 4.69) is 13.8 Å². The SMILES string of the molecule is CC(=O)[C@H]1C[C@H](O)[C@H]2[C@@H]3CC[C@@H]4C[C@H](O)CC[C@]4(C)[C@H]3CC[C@@]21C. The van der Waals surface area contributed by atoms with Gasteiger partial charge in [0.25, 0.3) is 0 Å². The minimum Gasteiger partial charge on any atom is -0.393 e. The van der Waals surface area contributed by atoms with Gasteiger partial charge in [-0.2, -0.15) is 0 Å². The number of aliphatic hydroxyl groups excluding tert-OH is 2. The summed E-state index contributed by atoms with van der Waals surface area (Å²) in [5, 5.41) is 21.0. The number of aliphatic hydroxyl groups is 2. The third-order valence-electron chi connectivity index (χ3n) is 9.11. The third kappa shape index (κ3) is 2.19. The Kier molecular flexibility index (Phi) is 3.93. The van der Waals surface area contributed by atoms with E-state index in [9.17, 15) is 15.0 Å². The van der Waals surface area contributed by atoms with E-state index in [0.29, 0.717) is 35.5 Å². The summed E-state index contributed by atoms with van der Waals surface area (Å²) in [5.41, 5.74) is 0.335. The summed E-state index contributed by atoms with van der Waals surface area (Å²) < 4.78 is 0. The average molecular weight is 335 g/mol. The Morgan fingerprint density at radius 3 is 2.38 bits per heavy atom. The van der Waals surface area contributed by atoms with Crippen LogP contribution >= 0.6 is 0 Å². The van der Waals surface area contributed by atoms with Crippen molar-refractivity contribution < 1.29 is 15.0 Å². The predicted octanol–water partition coefficient (Wildman–Crippen LogP) is 3.57. The van der Waals surface area contributed by atoms with Gasteiger partial charge in [0.15, 0.2) is 0 Å². The number of carbonyl (C=O) groups is 1. The van der Waals surface area contributed by atoms with Crippen molar-refractivity contribution >= 4 is 5.78 Å². The molecule has 4 aliphatic carbocycles. The maximum atomic E-state index is 12.2. The van der Waals surface area contributed by atoms with E-state index in [1.807, 2.05) is 0 Å². The van der Waals surface area contributed by atoms with Gasteiger partial charge in [0, 0.05) is 5.92 Å². The number of hydrogen-bond donors (Lipinski definition) is 2. The van der Waals surface area contributed by atoms with Crippen molar-refractivity contribution in [2.75, 3.05) is 0 Å². The summed E-state index contributed by atoms with van der Waals surface area (Å²) >= 11 is 0. The normalized spacial score (nSPS) is 57.0. The minimum atomic E-state index is -0.300. The number of fused-ring (bicyclic) bond motifs is 5. The molecule has 0 aromatic carbocycles. The van der Waals surface area contributed by atoms with Crippen LogP contribution in [0, 0.1) is 40.4 Å². The fourth-order valence-electron chi connectivity index (χ4n) is 7.93. The minimum absolute atomic E-state index is 0.00376. The van der Waals surface area contributed by atoms with E-state index in [0.717, 1.165) is 25.7 Å². The van der Waals surface area contributed by atoms with E-state index in [4.69, 9.17) is 0 Å². The molecule has 0 bridgehead atoms. The molecule has 136 valence electrons. The first kappa shape index (κ1) is 17.0. The lowest BCUT2D eigenvalue weighted by Crippen LogP contribution is -2.55. The molecular formula is C21H34O3. The Morgan fingerprint density at radius 1 is 0.958 bits per heavy atom. The first-order valence-corrected chi connectivity index (χ1v) is 10.1. The van der Waals surface area contributed by atoms with Crippen LogP contribution in [0.25, 0.3) is 0 Å². The molecule has 0 spiro atoms. The maximum Gasteiger partial charge on any atom is 0.133 e. The molecule has 0 saturated heterocycles. The standard InChI is InChI=1S/C21H34O3/c1-12(22)17-11-18(24)19-15-5-4-13-10-14(23)6-8-20(13,2)16(15)7-9-21(17,19)3/h13-19,23-24H,4-11H2,1-3H3/t13-,14-,15-,16+,17-,18+,19-,20+,21-/m1/s1. The van der Waals surface area contributed by atoms with Crippen molar-refractivity contribution in [3.63, 3.8) is 0 Å². The maximum absolute atomic E-state index is 12.2. The van der Waals surface area contributed by atoms with E-state index in [1.54, 1.807) is 6.92 Å². The smallest absolute Gasteiger partial charge is 0.133 e. The van der Waals surface area contributed by atoms with E-state index >= 15 is 0 Å². The van der Waals surface area contributed by atoms with Gasteiger partial charge >= 0.3 is 0 Å². The zero-order valence-electron chi connectivity index (χ0n) is 15.5. The lowest BCUT2D eigenvalue weighted by molar-refractivity contribution is -0.145. The summed E-state index contributed by atoms with van der Waals surface area (Å²) in [6.45, 7) is 6.47. The van der Waals surface area contributed by atoms with Gasteiger partial charge in [-0.25, -0.2) is 0 Å². The summed E-state index contributed by atoms with van der Waals surface area (Å²) in [6.07, 6.45) is 7.99. The van der Waals surface area contributed by atoms with Crippen molar-refractivity contribution in [1.82, 2.24) is 0 Å². The molecule has 4 rings (SSSR count). The Hall–Kier alpha value is -0.410. The summed E-state index contributed by atoms with van der Waals surface area (Å²) in [7, 11) is 0. The van der Waals surface area contributed by atoms with Crippen LogP contribution < -0.4 is 0 Å². The average Bonchev–Trinajstić information content (AvgIpc) is 2.80. The van der Waals surface area contributed by atoms with Crippen molar-refractivity contribution in [3.8, 4) is 0 Å². The third-order valence-corrected chi connectivity index (χ3v) is 9.11. The van der Waals surface area contributed by atoms with Gasteiger partial charge in [-0.3, -0.25) is 4.79 Å². The molecule has 0 unspecified atom stereocenters. The largest absolute Gasteiger partial charge is 0.393 e. The first-order chi connectivity index (χ1) is 11.3. The number of rotatable bonds is 1. The zero-order chi connectivity index (χ0) is 17.3. The van der Waals surface area contributed by atoms with Crippen LogP contribution in [-0.4, -0.2) is 28.2 Å². The lowest BCUT2D eigenvalue weighted by atomic mass is 9.44. The van der Waals surface area contributed by atoms with Gasteiger partial charge in [0.2, 0.25) is 0 Å². The Morgan fingerprint density at radius 2 is 1.67 bits per heavy atom. The van der Waals surface area contributed by atoms with Crippen LogP contribution in [-0.2, 0) is 4.79 Å². The molecule has 4 fully saturated rings. The lowest BCUT2D eigenvalue weighted by Gasteiger charge is -2.61. The van der Waals surface area contributed by atoms with E-state index in [-0.39, 0.29) is 29.3 Å². The summed E-state index contributed by atoms with van der Waals surface area (Å²) in [5.74, 6) is 2.51. The van der Waals surface area contributed by atoms with Crippen LogP contribution in [0.1, 0.15) is 72.1 Å². The molecular weight excluding hydrogens is 300 g/mol. The summed E-state index contributed by atoms with van der Waals surface area (Å²) in [4.78, 5) is 12.2. The molecule has 0 aromatic rings. The monoisotopic (exact) mass is 334 g/mol. The fraction of sp³-hybridized carbons (Fsp3) is 0.952. The fourth-order valence-corrected chi connectivity index (χ4v) is 7.93. The molecule has 3 heteroatoms. The van der Waals surface area contributed by atoms with Gasteiger partial charge in [0.05, 0.1) is 12.2 Å². The van der Waals surface area contributed by atoms with Crippen LogP contribution in [0.3, 0.4) is 0 Å². The number of hydrogen-bond acceptors (Lipinski definition) is 3. The highest BCUT2D eigenvalue weighted by molar-refractivity contribution is 5.79. The highest BCUT2D eigenvalue weighted by atomic mass is 16.3. The van der Waals surface area contributed by atoms with E-state index < -0.39 is 0 Å². The second-order valence-electron chi connectivity index (χ2n) is 10.0. The molecule has 4 saturated carbocycles. The van der Waals surface area contributed by atoms with Crippen molar-refractivity contribution in [3.05, 3.63) is 0 Å². The quantitative estimate of drug-likeness (QED) is 0.771. The Labute approximate surface area is 146 Å². The second kappa shape index (κ2) is 5.54. The molecule has 0 aromatic heterocycles. The van der Waals surface area contributed by atoms with Crippen LogP contribution in [0.2, 0.25) is 0 Å². The molecule has 4 aliphatic rings. The van der Waals surface area contributed by atoms with Gasteiger partial charge in [-0.1, -0.05) is 13.8 Å². The van der Waals surface area contributed by atoms with Crippen LogP contribution in [0.4, 0.5) is 0 Å². The number of carbonyl (C=O) groups excluding carboxylic acids is 1. The second-order valence-corrected chi connectivity index (χ2v) is 10.0. The van der Waals surface area contributed by atoms with E-state index in [1.165, 1.54) is 19.3 Å². The highest BCUT2D eigenvalue weighted by Gasteiger charge is 2.63. The number of Topliss-reactive ketones (excluding diaryl/α,β-unsaturated/α-hetero) is 1. The molecule has 9 atom stereocenters. The molecule has 0 aliphatic heterocycles. The van der Waals surface area contributed by atoms with Gasteiger partial charge < -0.3 is 10.2 Å².